The molecule has 0 spiro atoms. The summed E-state index contributed by atoms with van der Waals surface area (Å²) in [5, 5.41) is 7.65. The molecular weight excluding hydrogens is 681 g/mol. The highest BCUT2D eigenvalue weighted by atomic mass is 16.5. The van der Waals surface area contributed by atoms with Gasteiger partial charge in [-0.2, -0.15) is 0 Å². The van der Waals surface area contributed by atoms with Crippen molar-refractivity contribution in [2.45, 2.75) is 13.1 Å². The number of carbonyl (C=O) groups excluding carboxylic acids is 2. The molecule has 0 fully saturated rings. The Kier molecular flexibility index (Phi) is 10.3. The molecule has 0 unspecified atom stereocenters. The number of ether oxygens (including phenoxy) is 4. The van der Waals surface area contributed by atoms with Crippen LogP contribution in [0.15, 0.2) is 121 Å². The van der Waals surface area contributed by atoms with Gasteiger partial charge in [-0.05, 0) is 71.8 Å². The van der Waals surface area contributed by atoms with Crippen molar-refractivity contribution in [3.8, 4) is 45.5 Å². The standard InChI is InChI=1S/C44H38N4O6/c1-51-39-18-16-29(21-41(39)53-3)37-23-33(31-12-5-7-14-35(31)47-37)43(49)45-25-27-10-9-11-28(20-27)26-46-44(50)34-24-38(48-36-15-8-6-13-32(34)36)30-17-19-40(52-2)42(22-30)54-4/h5-24H,25-26H2,1-4H3,(H,45,49)(H,46,50). The van der Waals surface area contributed by atoms with Crippen molar-refractivity contribution in [2.24, 2.45) is 0 Å². The molecule has 54 heavy (non-hydrogen) atoms. The maximum atomic E-state index is 13.7. The smallest absolute Gasteiger partial charge is 0.252 e. The van der Waals surface area contributed by atoms with E-state index < -0.39 is 0 Å². The molecule has 270 valence electrons. The monoisotopic (exact) mass is 718 g/mol. The van der Waals surface area contributed by atoms with Crippen molar-refractivity contribution < 1.29 is 28.5 Å². The van der Waals surface area contributed by atoms with Crippen LogP contribution < -0.4 is 29.6 Å². The lowest BCUT2D eigenvalue weighted by Gasteiger charge is -2.13. The minimum Gasteiger partial charge on any atom is -0.493 e. The van der Waals surface area contributed by atoms with Crippen molar-refractivity contribution in [3.05, 3.63) is 144 Å². The van der Waals surface area contributed by atoms with E-state index in [1.165, 1.54) is 0 Å². The van der Waals surface area contributed by atoms with Crippen LogP contribution in [0.2, 0.25) is 0 Å². The van der Waals surface area contributed by atoms with Crippen LogP contribution in [0.25, 0.3) is 44.3 Å². The van der Waals surface area contributed by atoms with E-state index in [0.29, 0.717) is 56.5 Å². The fourth-order valence-corrected chi connectivity index (χ4v) is 6.42. The van der Waals surface area contributed by atoms with Crippen LogP contribution in [-0.2, 0) is 13.1 Å². The van der Waals surface area contributed by atoms with Crippen LogP contribution >= 0.6 is 0 Å². The van der Waals surface area contributed by atoms with Gasteiger partial charge < -0.3 is 29.6 Å². The number of amides is 2. The number of rotatable bonds is 12. The highest BCUT2D eigenvalue weighted by Crippen LogP contribution is 2.35. The molecule has 2 amide bonds. The molecule has 0 bridgehead atoms. The third-order valence-corrected chi connectivity index (χ3v) is 9.18. The zero-order valence-electron chi connectivity index (χ0n) is 30.3. The Morgan fingerprint density at radius 1 is 0.481 bits per heavy atom. The molecule has 7 aromatic rings. The van der Waals surface area contributed by atoms with Crippen molar-refractivity contribution in [1.82, 2.24) is 20.6 Å². The van der Waals surface area contributed by atoms with Crippen LogP contribution in [0.4, 0.5) is 0 Å². The van der Waals surface area contributed by atoms with Gasteiger partial charge in [0.2, 0.25) is 0 Å². The fourth-order valence-electron chi connectivity index (χ4n) is 6.42. The summed E-state index contributed by atoms with van der Waals surface area (Å²) in [5.41, 5.74) is 7.04. The van der Waals surface area contributed by atoms with Crippen molar-refractivity contribution in [2.75, 3.05) is 28.4 Å². The maximum Gasteiger partial charge on any atom is 0.252 e. The molecule has 0 saturated carbocycles. The van der Waals surface area contributed by atoms with E-state index in [1.807, 2.05) is 109 Å². The summed E-state index contributed by atoms with van der Waals surface area (Å²) in [6, 6.07) is 37.6. The molecule has 0 radical (unpaired) electrons. The van der Waals surface area contributed by atoms with Gasteiger partial charge in [0, 0.05) is 35.0 Å². The zero-order valence-corrected chi connectivity index (χ0v) is 30.3. The van der Waals surface area contributed by atoms with E-state index >= 15 is 0 Å². The molecule has 0 aliphatic rings. The number of hydrogen-bond acceptors (Lipinski definition) is 8. The number of fused-ring (bicyclic) bond motifs is 2. The van der Waals surface area contributed by atoms with E-state index in [0.717, 1.165) is 33.0 Å². The quantitative estimate of drug-likeness (QED) is 0.130. The molecule has 10 heteroatoms. The fraction of sp³-hybridized carbons (Fsp3) is 0.136. The van der Waals surface area contributed by atoms with Crippen molar-refractivity contribution >= 4 is 33.6 Å². The predicted molar refractivity (Wildman–Crippen MR) is 209 cm³/mol. The molecule has 10 nitrogen and oxygen atoms in total. The molecule has 2 N–H and O–H groups in total. The topological polar surface area (TPSA) is 121 Å². The van der Waals surface area contributed by atoms with Crippen LogP contribution in [0.1, 0.15) is 31.8 Å². The molecule has 0 aliphatic heterocycles. The SMILES string of the molecule is COc1ccc(-c2cc(C(=O)NCc3cccc(CNC(=O)c4cc(-c5ccc(OC)c(OC)c5)nc5ccccc45)c3)c3ccccc3n2)cc1OC. The third-order valence-electron chi connectivity index (χ3n) is 9.18. The number of aromatic nitrogens is 2. The Morgan fingerprint density at radius 3 is 1.33 bits per heavy atom. The summed E-state index contributed by atoms with van der Waals surface area (Å²) in [6.07, 6.45) is 0. The van der Waals surface area contributed by atoms with Gasteiger partial charge >= 0.3 is 0 Å². The first-order chi connectivity index (χ1) is 26.4. The molecule has 5 aromatic carbocycles. The normalized spacial score (nSPS) is 10.9. The van der Waals surface area contributed by atoms with E-state index in [4.69, 9.17) is 28.9 Å². The lowest BCUT2D eigenvalue weighted by atomic mass is 10.0. The molecule has 0 atom stereocenters. The molecular formula is C44H38N4O6. The van der Waals surface area contributed by atoms with Gasteiger partial charge in [0.05, 0.1) is 62.0 Å². The molecule has 0 saturated heterocycles. The second-order valence-electron chi connectivity index (χ2n) is 12.5. The summed E-state index contributed by atoms with van der Waals surface area (Å²) in [7, 11) is 6.33. The summed E-state index contributed by atoms with van der Waals surface area (Å²) in [4.78, 5) is 37.1. The van der Waals surface area contributed by atoms with Gasteiger partial charge in [0.25, 0.3) is 11.8 Å². The number of nitrogens with zero attached hydrogens (tertiary/aromatic N) is 2. The first-order valence-corrected chi connectivity index (χ1v) is 17.3. The van der Waals surface area contributed by atoms with Gasteiger partial charge in [0.1, 0.15) is 0 Å². The lowest BCUT2D eigenvalue weighted by molar-refractivity contribution is 0.0945. The highest BCUT2D eigenvalue weighted by Gasteiger charge is 2.17. The number of hydrogen-bond donors (Lipinski definition) is 2. The summed E-state index contributed by atoms with van der Waals surface area (Å²) in [6.45, 7) is 0.569. The Hall–Kier alpha value is -6.94. The average molecular weight is 719 g/mol. The number of methoxy groups -OCH3 is 4. The van der Waals surface area contributed by atoms with Crippen LogP contribution in [-0.4, -0.2) is 50.2 Å². The van der Waals surface area contributed by atoms with E-state index in [-0.39, 0.29) is 24.9 Å². The Balaban J connectivity index is 1.08. The van der Waals surface area contributed by atoms with Crippen molar-refractivity contribution in [3.63, 3.8) is 0 Å². The zero-order chi connectivity index (χ0) is 37.6. The predicted octanol–water partition coefficient (Wildman–Crippen LogP) is 8.01. The van der Waals surface area contributed by atoms with Crippen LogP contribution in [0.3, 0.4) is 0 Å². The third kappa shape index (κ3) is 7.35. The van der Waals surface area contributed by atoms with Gasteiger partial charge in [-0.15, -0.1) is 0 Å². The Labute approximate surface area is 312 Å². The largest absolute Gasteiger partial charge is 0.493 e. The lowest BCUT2D eigenvalue weighted by Crippen LogP contribution is -2.24. The average Bonchev–Trinajstić information content (AvgIpc) is 3.23. The number of carbonyl (C=O) groups is 2. The minimum atomic E-state index is -0.233. The number of pyridine rings is 2. The van der Waals surface area contributed by atoms with E-state index in [9.17, 15) is 9.59 Å². The number of para-hydroxylation sites is 2. The second kappa shape index (κ2) is 15.7. The first kappa shape index (κ1) is 35.5. The van der Waals surface area contributed by atoms with Gasteiger partial charge in [-0.3, -0.25) is 9.59 Å². The molecule has 0 aliphatic carbocycles. The Bertz CT molecular complexity index is 2350. The van der Waals surface area contributed by atoms with Crippen LogP contribution in [0, 0.1) is 0 Å². The molecule has 7 rings (SSSR count). The minimum absolute atomic E-state index is 0.233. The number of nitrogens with one attached hydrogen (secondary N) is 2. The Morgan fingerprint density at radius 2 is 0.907 bits per heavy atom. The molecule has 2 heterocycles. The van der Waals surface area contributed by atoms with Crippen molar-refractivity contribution in [1.29, 1.82) is 0 Å². The number of benzene rings is 5. The summed E-state index contributed by atoms with van der Waals surface area (Å²) < 4.78 is 21.8. The summed E-state index contributed by atoms with van der Waals surface area (Å²) in [5.74, 6) is 1.88. The van der Waals surface area contributed by atoms with E-state index in [1.54, 1.807) is 40.6 Å². The van der Waals surface area contributed by atoms with Gasteiger partial charge in [-0.25, -0.2) is 9.97 Å². The summed E-state index contributed by atoms with van der Waals surface area (Å²) >= 11 is 0. The van der Waals surface area contributed by atoms with Gasteiger partial charge in [0.15, 0.2) is 23.0 Å². The molecule has 2 aromatic heterocycles. The highest BCUT2D eigenvalue weighted by molar-refractivity contribution is 6.08. The van der Waals surface area contributed by atoms with Crippen LogP contribution in [0.5, 0.6) is 23.0 Å². The van der Waals surface area contributed by atoms with Gasteiger partial charge in [-0.1, -0.05) is 60.7 Å². The second-order valence-corrected chi connectivity index (χ2v) is 12.5. The maximum absolute atomic E-state index is 13.7. The van der Waals surface area contributed by atoms with E-state index in [2.05, 4.69) is 10.6 Å². The first-order valence-electron chi connectivity index (χ1n) is 17.3.